The van der Waals surface area contributed by atoms with Crippen molar-refractivity contribution < 1.29 is 9.53 Å². The predicted octanol–water partition coefficient (Wildman–Crippen LogP) is 5.38. The van der Waals surface area contributed by atoms with Crippen LogP contribution in [0, 0.1) is 0 Å². The molecule has 0 aliphatic rings. The number of benzene rings is 2. The first-order valence-corrected chi connectivity index (χ1v) is 12.0. The zero-order valence-electron chi connectivity index (χ0n) is 18.3. The van der Waals surface area contributed by atoms with Gasteiger partial charge >= 0.3 is 0 Å². The summed E-state index contributed by atoms with van der Waals surface area (Å²) >= 11 is 2.74. The van der Waals surface area contributed by atoms with Gasteiger partial charge in [-0.05, 0) is 19.1 Å². The van der Waals surface area contributed by atoms with Gasteiger partial charge in [-0.1, -0.05) is 60.3 Å². The maximum Gasteiger partial charge on any atom is 0.239 e. The molecule has 9 heteroatoms. The Morgan fingerprint density at radius 3 is 2.73 bits per heavy atom. The molecular formula is C24H23N5O2S2. The van der Waals surface area contributed by atoms with Crippen molar-refractivity contribution in [2.75, 3.05) is 12.4 Å². The highest BCUT2D eigenvalue weighted by Crippen LogP contribution is 2.32. The fraction of sp³-hybridized carbons (Fsp3) is 0.167. The Labute approximate surface area is 200 Å². The molecule has 1 N–H and O–H groups in total. The second-order valence-electron chi connectivity index (χ2n) is 7.06. The largest absolute Gasteiger partial charge is 0.496 e. The number of methoxy groups -OCH3 is 1. The van der Waals surface area contributed by atoms with E-state index in [9.17, 15) is 4.79 Å². The zero-order valence-corrected chi connectivity index (χ0v) is 19.9. The number of thioether (sulfide) groups is 1. The van der Waals surface area contributed by atoms with Gasteiger partial charge in [0.25, 0.3) is 0 Å². The number of allylic oxidation sites excluding steroid dienone is 1. The van der Waals surface area contributed by atoms with Crippen molar-refractivity contribution in [2.45, 2.75) is 23.9 Å². The number of hydrogen-bond donors (Lipinski definition) is 1. The van der Waals surface area contributed by atoms with E-state index in [1.54, 1.807) is 13.2 Å². The van der Waals surface area contributed by atoms with Crippen molar-refractivity contribution in [3.8, 4) is 28.4 Å². The van der Waals surface area contributed by atoms with Gasteiger partial charge in [0.15, 0.2) is 16.1 Å². The predicted molar refractivity (Wildman–Crippen MR) is 134 cm³/mol. The van der Waals surface area contributed by atoms with Gasteiger partial charge in [0.05, 0.1) is 23.6 Å². The van der Waals surface area contributed by atoms with E-state index < -0.39 is 5.25 Å². The lowest BCUT2D eigenvalue weighted by Crippen LogP contribution is -2.22. The fourth-order valence-corrected chi connectivity index (χ4v) is 4.77. The Morgan fingerprint density at radius 2 is 1.97 bits per heavy atom. The van der Waals surface area contributed by atoms with Crippen molar-refractivity contribution >= 4 is 34.1 Å². The molecule has 2 aromatic heterocycles. The molecule has 1 amide bonds. The van der Waals surface area contributed by atoms with E-state index in [0.29, 0.717) is 28.4 Å². The lowest BCUT2D eigenvalue weighted by atomic mass is 10.2. The minimum absolute atomic E-state index is 0.152. The highest BCUT2D eigenvalue weighted by molar-refractivity contribution is 8.00. The smallest absolute Gasteiger partial charge is 0.239 e. The number of aromatic nitrogens is 4. The highest BCUT2D eigenvalue weighted by atomic mass is 32.2. The first-order chi connectivity index (χ1) is 16.1. The number of anilines is 1. The molecular weight excluding hydrogens is 454 g/mol. The minimum atomic E-state index is -0.410. The van der Waals surface area contributed by atoms with Crippen LogP contribution in [0.15, 0.2) is 77.8 Å². The summed E-state index contributed by atoms with van der Waals surface area (Å²) in [7, 11) is 1.62. The molecule has 0 aliphatic carbocycles. The monoisotopic (exact) mass is 477 g/mol. The molecule has 2 heterocycles. The van der Waals surface area contributed by atoms with E-state index >= 15 is 0 Å². The van der Waals surface area contributed by atoms with E-state index in [4.69, 9.17) is 4.74 Å². The Bertz CT molecular complexity index is 1250. The number of para-hydroxylation sites is 1. The van der Waals surface area contributed by atoms with Crippen LogP contribution < -0.4 is 10.1 Å². The number of hydrogen-bond acceptors (Lipinski definition) is 7. The molecule has 33 heavy (non-hydrogen) atoms. The third-order valence-corrected chi connectivity index (χ3v) is 6.67. The number of nitrogens with one attached hydrogen (secondary N) is 1. The van der Waals surface area contributed by atoms with Gasteiger partial charge < -0.3 is 10.1 Å². The third kappa shape index (κ3) is 5.15. The molecule has 0 saturated heterocycles. The Balaban J connectivity index is 1.49. The maximum absolute atomic E-state index is 12.8. The van der Waals surface area contributed by atoms with E-state index in [2.05, 4.69) is 27.1 Å². The SMILES string of the molecule is C=CCn1c(S[C@@H](C)C(=O)Nc2nc(-c3ccccc3)cs2)nnc1-c1ccccc1OC. The van der Waals surface area contributed by atoms with Gasteiger partial charge in [-0.3, -0.25) is 9.36 Å². The molecule has 0 saturated carbocycles. The van der Waals surface area contributed by atoms with E-state index in [0.717, 1.165) is 16.8 Å². The summed E-state index contributed by atoms with van der Waals surface area (Å²) < 4.78 is 7.40. The van der Waals surface area contributed by atoms with Crippen molar-refractivity contribution in [3.05, 3.63) is 72.6 Å². The number of ether oxygens (including phenoxy) is 1. The Morgan fingerprint density at radius 1 is 1.21 bits per heavy atom. The van der Waals surface area contributed by atoms with Gasteiger partial charge in [0.1, 0.15) is 5.75 Å². The number of rotatable bonds is 9. The number of nitrogens with zero attached hydrogens (tertiary/aromatic N) is 4. The van der Waals surface area contributed by atoms with Crippen molar-refractivity contribution in [2.24, 2.45) is 0 Å². The number of carbonyl (C=O) groups is 1. The highest BCUT2D eigenvalue weighted by Gasteiger charge is 2.22. The topological polar surface area (TPSA) is 81.9 Å². The number of amides is 1. The molecule has 168 valence electrons. The van der Waals surface area contributed by atoms with Gasteiger partial charge in [-0.25, -0.2) is 4.98 Å². The second kappa shape index (κ2) is 10.5. The van der Waals surface area contributed by atoms with Crippen LogP contribution in [0.3, 0.4) is 0 Å². The van der Waals surface area contributed by atoms with Crippen molar-refractivity contribution in [1.82, 2.24) is 19.7 Å². The Kier molecular flexibility index (Phi) is 7.21. The van der Waals surface area contributed by atoms with Crippen LogP contribution in [0.5, 0.6) is 5.75 Å². The molecule has 0 spiro atoms. The van der Waals surface area contributed by atoms with E-state index in [-0.39, 0.29) is 5.91 Å². The molecule has 1 atom stereocenters. The normalized spacial score (nSPS) is 11.7. The molecule has 7 nitrogen and oxygen atoms in total. The average molecular weight is 478 g/mol. The zero-order chi connectivity index (χ0) is 23.2. The molecule has 4 rings (SSSR count). The minimum Gasteiger partial charge on any atom is -0.496 e. The Hall–Kier alpha value is -3.43. The van der Waals surface area contributed by atoms with Crippen LogP contribution in [0.25, 0.3) is 22.6 Å². The summed E-state index contributed by atoms with van der Waals surface area (Å²) in [6.07, 6.45) is 1.78. The van der Waals surface area contributed by atoms with Gasteiger partial charge in [0, 0.05) is 17.5 Å². The molecule has 0 bridgehead atoms. The van der Waals surface area contributed by atoms with Crippen molar-refractivity contribution in [1.29, 1.82) is 0 Å². The quantitative estimate of drug-likeness (QED) is 0.257. The van der Waals surface area contributed by atoms with E-state index in [1.165, 1.54) is 23.1 Å². The maximum atomic E-state index is 12.8. The fourth-order valence-electron chi connectivity index (χ4n) is 3.19. The molecule has 0 aliphatic heterocycles. The van der Waals surface area contributed by atoms with Crippen LogP contribution in [0.1, 0.15) is 6.92 Å². The van der Waals surface area contributed by atoms with Crippen molar-refractivity contribution in [3.63, 3.8) is 0 Å². The molecule has 4 aromatic rings. The summed E-state index contributed by atoms with van der Waals surface area (Å²) in [4.78, 5) is 17.4. The first-order valence-electron chi connectivity index (χ1n) is 10.3. The van der Waals surface area contributed by atoms with Crippen LogP contribution in [0.4, 0.5) is 5.13 Å². The summed E-state index contributed by atoms with van der Waals surface area (Å²) in [6.45, 7) is 6.19. The second-order valence-corrected chi connectivity index (χ2v) is 9.23. The first kappa shape index (κ1) is 22.8. The summed E-state index contributed by atoms with van der Waals surface area (Å²) in [5, 5.41) is 14.3. The third-order valence-electron chi connectivity index (χ3n) is 4.83. The van der Waals surface area contributed by atoms with Crippen LogP contribution in [-0.4, -0.2) is 38.0 Å². The molecule has 2 aromatic carbocycles. The van der Waals surface area contributed by atoms with Crippen LogP contribution in [-0.2, 0) is 11.3 Å². The van der Waals surface area contributed by atoms with Gasteiger partial charge in [0.2, 0.25) is 5.91 Å². The summed E-state index contributed by atoms with van der Waals surface area (Å²) in [5.41, 5.74) is 2.68. The lowest BCUT2D eigenvalue weighted by molar-refractivity contribution is -0.115. The molecule has 0 unspecified atom stereocenters. The average Bonchev–Trinajstić information content (AvgIpc) is 3.47. The standard InChI is InChI=1S/C24H23N5O2S2/c1-4-14-29-21(18-12-8-9-13-20(18)31-3)27-28-24(29)33-16(2)22(30)26-23-25-19(15-32-23)17-10-6-5-7-11-17/h4-13,15-16H,1,14H2,2-3H3,(H,25,26,30)/t16-/m0/s1. The lowest BCUT2D eigenvalue weighted by Gasteiger charge is -2.13. The van der Waals surface area contributed by atoms with E-state index in [1.807, 2.05) is 71.5 Å². The molecule has 0 radical (unpaired) electrons. The molecule has 0 fully saturated rings. The van der Waals surface area contributed by atoms with Crippen LogP contribution >= 0.6 is 23.1 Å². The summed E-state index contributed by atoms with van der Waals surface area (Å²) in [5.74, 6) is 1.21. The van der Waals surface area contributed by atoms with Crippen LogP contribution in [0.2, 0.25) is 0 Å². The number of thiazole rings is 1. The van der Waals surface area contributed by atoms with Gasteiger partial charge in [-0.15, -0.1) is 28.1 Å². The summed E-state index contributed by atoms with van der Waals surface area (Å²) in [6, 6.07) is 17.5. The van der Waals surface area contributed by atoms with Gasteiger partial charge in [-0.2, -0.15) is 0 Å². The number of carbonyl (C=O) groups excluding carboxylic acids is 1.